The molecule has 1 aliphatic carbocycles. The predicted molar refractivity (Wildman–Crippen MR) is 145 cm³/mol. The van der Waals surface area contributed by atoms with Crippen LogP contribution in [0.2, 0.25) is 0 Å². The summed E-state index contributed by atoms with van der Waals surface area (Å²) in [6, 6.07) is 6.05. The maximum atomic E-state index is 13.0. The summed E-state index contributed by atoms with van der Waals surface area (Å²) in [6.07, 6.45) is 14.5. The van der Waals surface area contributed by atoms with Crippen molar-refractivity contribution < 1.29 is 19.1 Å². The second-order valence-electron chi connectivity index (χ2n) is 9.55. The molecule has 35 heavy (non-hydrogen) atoms. The van der Waals surface area contributed by atoms with Crippen molar-refractivity contribution in [2.45, 2.75) is 90.5 Å². The van der Waals surface area contributed by atoms with Gasteiger partial charge in [-0.15, -0.1) is 0 Å². The van der Waals surface area contributed by atoms with Gasteiger partial charge in [0.05, 0.1) is 12.2 Å². The molecule has 0 radical (unpaired) electrons. The lowest BCUT2D eigenvalue weighted by atomic mass is 9.79. The summed E-state index contributed by atoms with van der Waals surface area (Å²) in [6.45, 7) is 4.32. The number of benzene rings is 1. The molecular formula is C28H44N2O4S. The van der Waals surface area contributed by atoms with E-state index in [4.69, 9.17) is 4.74 Å². The number of rotatable bonds is 15. The molecule has 0 unspecified atom stereocenters. The van der Waals surface area contributed by atoms with E-state index >= 15 is 0 Å². The van der Waals surface area contributed by atoms with Gasteiger partial charge in [-0.3, -0.25) is 9.59 Å². The Morgan fingerprint density at radius 2 is 1.69 bits per heavy atom. The van der Waals surface area contributed by atoms with Gasteiger partial charge >= 0.3 is 5.97 Å². The molecule has 0 heterocycles. The molecule has 0 aromatic heterocycles. The number of hydrogen-bond donors (Lipinski definition) is 2. The SMILES string of the molecule is CCCCCCCC1CCC(C(=O)N[C@H](CCSC)C(=O)Nc2ccc(C(=O)OCC)cc2)CC1. The molecule has 7 heteroatoms. The number of hydrogen-bond acceptors (Lipinski definition) is 5. The van der Waals surface area contributed by atoms with Crippen molar-refractivity contribution >= 4 is 35.2 Å². The first-order valence-electron chi connectivity index (χ1n) is 13.4. The Hall–Kier alpha value is -2.02. The normalized spacial score (nSPS) is 18.5. The third kappa shape index (κ3) is 10.6. The third-order valence-corrected chi connectivity index (χ3v) is 7.48. The number of anilines is 1. The van der Waals surface area contributed by atoms with E-state index in [9.17, 15) is 14.4 Å². The van der Waals surface area contributed by atoms with E-state index in [2.05, 4.69) is 17.6 Å². The first-order chi connectivity index (χ1) is 17.0. The summed E-state index contributed by atoms with van der Waals surface area (Å²) < 4.78 is 5.00. The lowest BCUT2D eigenvalue weighted by Crippen LogP contribution is -2.47. The highest BCUT2D eigenvalue weighted by molar-refractivity contribution is 7.98. The summed E-state index contributed by atoms with van der Waals surface area (Å²) in [4.78, 5) is 37.8. The fourth-order valence-corrected chi connectivity index (χ4v) is 5.15. The largest absolute Gasteiger partial charge is 0.462 e. The van der Waals surface area contributed by atoms with E-state index in [0.29, 0.717) is 24.3 Å². The van der Waals surface area contributed by atoms with E-state index in [-0.39, 0.29) is 23.7 Å². The summed E-state index contributed by atoms with van der Waals surface area (Å²) in [5.74, 6) is 0.919. The molecule has 0 bridgehead atoms. The average Bonchev–Trinajstić information content (AvgIpc) is 2.87. The van der Waals surface area contributed by atoms with E-state index in [0.717, 1.165) is 37.4 Å². The van der Waals surface area contributed by atoms with E-state index in [1.165, 1.54) is 38.5 Å². The van der Waals surface area contributed by atoms with Gasteiger partial charge in [-0.25, -0.2) is 4.79 Å². The number of thioether (sulfide) groups is 1. The van der Waals surface area contributed by atoms with E-state index in [1.807, 2.05) is 6.26 Å². The van der Waals surface area contributed by atoms with Crippen molar-refractivity contribution in [1.82, 2.24) is 5.32 Å². The minimum atomic E-state index is -0.573. The Morgan fingerprint density at radius 1 is 1.00 bits per heavy atom. The van der Waals surface area contributed by atoms with Crippen molar-refractivity contribution in [2.24, 2.45) is 11.8 Å². The average molecular weight is 505 g/mol. The van der Waals surface area contributed by atoms with Crippen LogP contribution in [0.3, 0.4) is 0 Å². The van der Waals surface area contributed by atoms with Gasteiger partial charge in [0, 0.05) is 11.6 Å². The molecule has 2 amide bonds. The van der Waals surface area contributed by atoms with Gasteiger partial charge < -0.3 is 15.4 Å². The zero-order valence-electron chi connectivity index (χ0n) is 21.8. The Morgan fingerprint density at radius 3 is 2.31 bits per heavy atom. The summed E-state index contributed by atoms with van der Waals surface area (Å²) >= 11 is 1.66. The molecule has 2 rings (SSSR count). The Labute approximate surface area is 215 Å². The number of carbonyl (C=O) groups excluding carboxylic acids is 3. The standard InChI is InChI=1S/C28H44N2O4S/c1-4-6-7-8-9-10-21-11-13-22(14-12-21)26(31)30-25(19-20-35-3)27(32)29-24-17-15-23(16-18-24)28(33)34-5-2/h15-18,21-22,25H,4-14,19-20H2,1-3H3,(H,29,32)(H,30,31)/t21?,22?,25-/m1/s1. The van der Waals surface area contributed by atoms with Gasteiger partial charge in [-0.1, -0.05) is 45.4 Å². The zero-order valence-corrected chi connectivity index (χ0v) is 22.6. The highest BCUT2D eigenvalue weighted by Crippen LogP contribution is 2.32. The van der Waals surface area contributed by atoms with Crippen LogP contribution in [0, 0.1) is 11.8 Å². The lowest BCUT2D eigenvalue weighted by Gasteiger charge is -2.29. The molecule has 196 valence electrons. The molecule has 1 saturated carbocycles. The molecule has 1 atom stereocenters. The Balaban J connectivity index is 1.84. The number of amides is 2. The van der Waals surface area contributed by atoms with Crippen molar-refractivity contribution in [3.8, 4) is 0 Å². The zero-order chi connectivity index (χ0) is 25.5. The maximum Gasteiger partial charge on any atom is 0.338 e. The second kappa shape index (κ2) is 16.6. The molecule has 6 nitrogen and oxygen atoms in total. The van der Waals surface area contributed by atoms with Crippen molar-refractivity contribution in [3.63, 3.8) is 0 Å². The molecule has 0 aliphatic heterocycles. The summed E-state index contributed by atoms with van der Waals surface area (Å²) in [5, 5.41) is 5.92. The van der Waals surface area contributed by atoms with Crippen LogP contribution < -0.4 is 10.6 Å². The molecular weight excluding hydrogens is 460 g/mol. The molecule has 1 aliphatic rings. The van der Waals surface area contributed by atoms with Crippen LogP contribution in [0.15, 0.2) is 24.3 Å². The van der Waals surface area contributed by atoms with Crippen LogP contribution in [-0.2, 0) is 14.3 Å². The van der Waals surface area contributed by atoms with E-state index < -0.39 is 6.04 Å². The number of esters is 1. The van der Waals surface area contributed by atoms with Gasteiger partial charge in [0.1, 0.15) is 6.04 Å². The summed E-state index contributed by atoms with van der Waals surface area (Å²) in [5.41, 5.74) is 1.03. The minimum absolute atomic E-state index is 0.000201. The van der Waals surface area contributed by atoms with Crippen molar-refractivity contribution in [2.75, 3.05) is 23.9 Å². The van der Waals surface area contributed by atoms with Crippen LogP contribution in [0.5, 0.6) is 0 Å². The lowest BCUT2D eigenvalue weighted by molar-refractivity contribution is -0.130. The minimum Gasteiger partial charge on any atom is -0.462 e. The molecule has 0 spiro atoms. The van der Waals surface area contributed by atoms with Crippen molar-refractivity contribution in [3.05, 3.63) is 29.8 Å². The first kappa shape index (κ1) is 29.2. The molecule has 1 aromatic rings. The predicted octanol–water partition coefficient (Wildman–Crippen LogP) is 6.21. The molecule has 1 aromatic carbocycles. The quantitative estimate of drug-likeness (QED) is 0.219. The number of nitrogens with one attached hydrogen (secondary N) is 2. The Bertz CT molecular complexity index is 776. The second-order valence-corrected chi connectivity index (χ2v) is 10.5. The van der Waals surface area contributed by atoms with Crippen molar-refractivity contribution in [1.29, 1.82) is 0 Å². The molecule has 0 saturated heterocycles. The number of unbranched alkanes of at least 4 members (excludes halogenated alkanes) is 4. The monoisotopic (exact) mass is 504 g/mol. The van der Waals surface area contributed by atoms with Gasteiger partial charge in [-0.05, 0) is 81.2 Å². The number of ether oxygens (including phenoxy) is 1. The fourth-order valence-electron chi connectivity index (χ4n) is 4.68. The number of carbonyl (C=O) groups is 3. The van der Waals surface area contributed by atoms with Crippen LogP contribution in [0.1, 0.15) is 94.8 Å². The fraction of sp³-hybridized carbons (Fsp3) is 0.679. The topological polar surface area (TPSA) is 84.5 Å². The molecule has 2 N–H and O–H groups in total. The third-order valence-electron chi connectivity index (χ3n) is 6.84. The van der Waals surface area contributed by atoms with Gasteiger partial charge in [0.25, 0.3) is 0 Å². The van der Waals surface area contributed by atoms with Gasteiger partial charge in [0.2, 0.25) is 11.8 Å². The molecule has 1 fully saturated rings. The Kier molecular flexibility index (Phi) is 13.9. The van der Waals surface area contributed by atoms with E-state index in [1.54, 1.807) is 43.0 Å². The highest BCUT2D eigenvalue weighted by Gasteiger charge is 2.29. The van der Waals surface area contributed by atoms with Crippen LogP contribution in [0.4, 0.5) is 5.69 Å². The smallest absolute Gasteiger partial charge is 0.338 e. The van der Waals surface area contributed by atoms with Crippen LogP contribution in [0.25, 0.3) is 0 Å². The van der Waals surface area contributed by atoms with Gasteiger partial charge in [-0.2, -0.15) is 11.8 Å². The van der Waals surface area contributed by atoms with Crippen LogP contribution in [-0.4, -0.2) is 42.4 Å². The maximum absolute atomic E-state index is 13.0. The summed E-state index contributed by atoms with van der Waals surface area (Å²) in [7, 11) is 0. The highest BCUT2D eigenvalue weighted by atomic mass is 32.2. The van der Waals surface area contributed by atoms with Crippen LogP contribution >= 0.6 is 11.8 Å². The first-order valence-corrected chi connectivity index (χ1v) is 14.7. The van der Waals surface area contributed by atoms with Gasteiger partial charge in [0.15, 0.2) is 0 Å².